The highest BCUT2D eigenvalue weighted by Gasteiger charge is 2.16. The van der Waals surface area contributed by atoms with Crippen molar-refractivity contribution in [2.24, 2.45) is 0 Å². The van der Waals surface area contributed by atoms with Crippen LogP contribution in [0.2, 0.25) is 0 Å². The zero-order chi connectivity index (χ0) is 15.5. The highest BCUT2D eigenvalue weighted by atomic mass is 16.6. The summed E-state index contributed by atoms with van der Waals surface area (Å²) in [6, 6.07) is 9.82. The van der Waals surface area contributed by atoms with Crippen LogP contribution < -0.4 is 5.32 Å². The number of benzene rings is 1. The van der Waals surface area contributed by atoms with Crippen molar-refractivity contribution in [3.05, 3.63) is 59.0 Å². The van der Waals surface area contributed by atoms with E-state index in [1.54, 1.807) is 41.1 Å². The molecule has 0 spiro atoms. The minimum atomic E-state index is -0.492. The Kier molecular flexibility index (Phi) is 3.48. The fourth-order valence-electron chi connectivity index (χ4n) is 2.12. The van der Waals surface area contributed by atoms with Crippen molar-refractivity contribution in [2.75, 3.05) is 5.32 Å². The summed E-state index contributed by atoms with van der Waals surface area (Å²) in [4.78, 5) is 30.5. The van der Waals surface area contributed by atoms with E-state index in [2.05, 4.69) is 15.3 Å². The Morgan fingerprint density at radius 3 is 2.82 bits per heavy atom. The third kappa shape index (κ3) is 2.62. The van der Waals surface area contributed by atoms with Gasteiger partial charge in [0, 0.05) is 12.3 Å². The maximum atomic E-state index is 12.0. The van der Waals surface area contributed by atoms with Crippen LogP contribution in [0.5, 0.6) is 0 Å². The first-order valence-electron chi connectivity index (χ1n) is 6.44. The van der Waals surface area contributed by atoms with Crippen molar-refractivity contribution < 1.29 is 9.72 Å². The number of nitro groups is 1. The fourth-order valence-corrected chi connectivity index (χ4v) is 2.12. The number of anilines is 1. The molecular weight excluding hydrogens is 286 g/mol. The molecule has 0 radical (unpaired) electrons. The smallest absolute Gasteiger partial charge is 0.297 e. The van der Waals surface area contributed by atoms with Gasteiger partial charge in [-0.05, 0) is 18.2 Å². The van der Waals surface area contributed by atoms with E-state index in [0.717, 1.165) is 0 Å². The highest BCUT2D eigenvalue weighted by molar-refractivity contribution is 5.91. The van der Waals surface area contributed by atoms with Crippen LogP contribution >= 0.6 is 0 Å². The molecule has 0 bridgehead atoms. The molecule has 22 heavy (non-hydrogen) atoms. The third-order valence-corrected chi connectivity index (χ3v) is 3.07. The van der Waals surface area contributed by atoms with E-state index < -0.39 is 4.92 Å². The molecule has 8 nitrogen and oxygen atoms in total. The van der Waals surface area contributed by atoms with E-state index in [1.165, 1.54) is 12.4 Å². The monoisotopic (exact) mass is 297 g/mol. The van der Waals surface area contributed by atoms with Crippen LogP contribution in [0.25, 0.3) is 11.0 Å². The number of nitrogens with one attached hydrogen (secondary N) is 1. The Morgan fingerprint density at radius 1 is 1.23 bits per heavy atom. The van der Waals surface area contributed by atoms with Crippen LogP contribution in [0.15, 0.2) is 48.9 Å². The summed E-state index contributed by atoms with van der Waals surface area (Å²) in [5.74, 6) is 0.160. The zero-order valence-corrected chi connectivity index (χ0v) is 11.3. The van der Waals surface area contributed by atoms with Gasteiger partial charge in [-0.25, -0.2) is 9.97 Å². The summed E-state index contributed by atoms with van der Waals surface area (Å²) in [7, 11) is 0. The number of para-hydroxylation sites is 1. The Hall–Kier alpha value is -3.29. The van der Waals surface area contributed by atoms with E-state index in [4.69, 9.17) is 0 Å². The number of non-ortho nitro benzene ring substituents is 1. The predicted molar refractivity (Wildman–Crippen MR) is 79.3 cm³/mol. The molecule has 0 saturated carbocycles. The number of rotatable bonds is 4. The Bertz CT molecular complexity index is 844. The van der Waals surface area contributed by atoms with Gasteiger partial charge in [0.1, 0.15) is 12.4 Å². The number of pyridine rings is 1. The molecule has 8 heteroatoms. The third-order valence-electron chi connectivity index (χ3n) is 3.07. The molecule has 0 aliphatic heterocycles. The highest BCUT2D eigenvalue weighted by Crippen LogP contribution is 2.23. The summed E-state index contributed by atoms with van der Waals surface area (Å²) >= 11 is 0. The average Bonchev–Trinajstić information content (AvgIpc) is 2.91. The molecule has 0 aliphatic rings. The van der Waals surface area contributed by atoms with E-state index in [0.29, 0.717) is 11.3 Å². The molecule has 2 aromatic heterocycles. The number of carbonyl (C=O) groups is 1. The van der Waals surface area contributed by atoms with Crippen LogP contribution in [-0.4, -0.2) is 25.4 Å². The van der Waals surface area contributed by atoms with Gasteiger partial charge in [0.05, 0.1) is 16.8 Å². The lowest BCUT2D eigenvalue weighted by Crippen LogP contribution is -2.18. The van der Waals surface area contributed by atoms with Crippen molar-refractivity contribution in [3.63, 3.8) is 0 Å². The van der Waals surface area contributed by atoms with Gasteiger partial charge < -0.3 is 9.88 Å². The van der Waals surface area contributed by atoms with Gasteiger partial charge >= 0.3 is 0 Å². The average molecular weight is 297 g/mol. The zero-order valence-electron chi connectivity index (χ0n) is 11.3. The lowest BCUT2D eigenvalue weighted by Gasteiger charge is -2.05. The van der Waals surface area contributed by atoms with Crippen molar-refractivity contribution >= 4 is 28.4 Å². The number of fused-ring (bicyclic) bond motifs is 1. The fraction of sp³-hybridized carbons (Fsp3) is 0.0714. The molecule has 3 aromatic rings. The molecule has 1 N–H and O–H groups in total. The Balaban J connectivity index is 1.84. The number of carbonyl (C=O) groups excluding carboxylic acids is 1. The summed E-state index contributed by atoms with van der Waals surface area (Å²) in [6.45, 7) is -0.00571. The van der Waals surface area contributed by atoms with E-state index >= 15 is 0 Å². The minimum Gasteiger partial charge on any atom is -0.321 e. The number of hydrogen-bond acceptors (Lipinski definition) is 5. The van der Waals surface area contributed by atoms with Gasteiger partial charge in [-0.3, -0.25) is 14.9 Å². The van der Waals surface area contributed by atoms with Crippen molar-refractivity contribution in [1.29, 1.82) is 0 Å². The molecule has 110 valence electrons. The summed E-state index contributed by atoms with van der Waals surface area (Å²) in [6.07, 6.45) is 2.99. The van der Waals surface area contributed by atoms with Crippen LogP contribution in [0.3, 0.4) is 0 Å². The molecule has 0 aliphatic carbocycles. The quantitative estimate of drug-likeness (QED) is 0.586. The lowest BCUT2D eigenvalue weighted by molar-refractivity contribution is -0.383. The molecule has 1 aromatic carbocycles. The predicted octanol–water partition coefficient (Wildman–Crippen LogP) is 1.98. The largest absolute Gasteiger partial charge is 0.321 e. The second-order valence-corrected chi connectivity index (χ2v) is 4.54. The van der Waals surface area contributed by atoms with Crippen LogP contribution in [0.1, 0.15) is 0 Å². The number of nitro benzene ring substituents is 1. The summed E-state index contributed by atoms with van der Waals surface area (Å²) in [5.41, 5.74) is 0.713. The molecular formula is C14H11N5O3. The van der Waals surface area contributed by atoms with Gasteiger partial charge in [-0.1, -0.05) is 12.1 Å². The lowest BCUT2D eigenvalue weighted by atomic mass is 10.2. The number of hydrogen-bond donors (Lipinski definition) is 1. The SMILES string of the molecule is O=C(Cn1cnc2c([N+](=O)[O-])cccc21)Nc1ccccn1. The molecule has 2 heterocycles. The molecule has 3 rings (SSSR count). The van der Waals surface area contributed by atoms with E-state index in [9.17, 15) is 14.9 Å². The molecule has 0 unspecified atom stereocenters. The number of amides is 1. The van der Waals surface area contributed by atoms with Crippen LogP contribution in [0.4, 0.5) is 11.5 Å². The normalized spacial score (nSPS) is 10.5. The van der Waals surface area contributed by atoms with E-state index in [-0.39, 0.29) is 23.7 Å². The Morgan fingerprint density at radius 2 is 2.09 bits per heavy atom. The van der Waals surface area contributed by atoms with Crippen molar-refractivity contribution in [2.45, 2.75) is 6.54 Å². The summed E-state index contributed by atoms with van der Waals surface area (Å²) in [5, 5.41) is 13.6. The van der Waals surface area contributed by atoms with Gasteiger partial charge in [0.15, 0.2) is 5.52 Å². The van der Waals surface area contributed by atoms with Crippen molar-refractivity contribution in [3.8, 4) is 0 Å². The van der Waals surface area contributed by atoms with Crippen LogP contribution in [-0.2, 0) is 11.3 Å². The maximum absolute atomic E-state index is 12.0. The standard InChI is InChI=1S/C14H11N5O3/c20-13(17-12-6-1-2-7-15-12)8-18-9-16-14-10(18)4-3-5-11(14)19(21)22/h1-7,9H,8H2,(H,15,17,20). The minimum absolute atomic E-state index is 0.00571. The number of imidazole rings is 1. The van der Waals surface area contributed by atoms with Gasteiger partial charge in [0.25, 0.3) is 5.69 Å². The molecule has 0 fully saturated rings. The van der Waals surface area contributed by atoms with E-state index in [1.807, 2.05) is 0 Å². The van der Waals surface area contributed by atoms with Crippen LogP contribution in [0, 0.1) is 10.1 Å². The second-order valence-electron chi connectivity index (χ2n) is 4.54. The van der Waals surface area contributed by atoms with Gasteiger partial charge in [0.2, 0.25) is 5.91 Å². The first-order valence-corrected chi connectivity index (χ1v) is 6.44. The Labute approximate surface area is 124 Å². The first kappa shape index (κ1) is 13.7. The van der Waals surface area contributed by atoms with Gasteiger partial charge in [-0.15, -0.1) is 0 Å². The molecule has 1 amide bonds. The first-order chi connectivity index (χ1) is 10.6. The topological polar surface area (TPSA) is 103 Å². The second kappa shape index (κ2) is 5.60. The number of nitrogens with zero attached hydrogens (tertiary/aromatic N) is 4. The maximum Gasteiger partial charge on any atom is 0.297 e. The summed E-state index contributed by atoms with van der Waals surface area (Å²) < 4.78 is 1.56. The molecule has 0 atom stereocenters. The van der Waals surface area contributed by atoms with Gasteiger partial charge in [-0.2, -0.15) is 0 Å². The number of aromatic nitrogens is 3. The molecule has 0 saturated heterocycles. The van der Waals surface area contributed by atoms with Crippen molar-refractivity contribution in [1.82, 2.24) is 14.5 Å².